The van der Waals surface area contributed by atoms with Gasteiger partial charge in [-0.2, -0.15) is 13.2 Å². The van der Waals surface area contributed by atoms with E-state index in [2.05, 4.69) is 25.6 Å². The summed E-state index contributed by atoms with van der Waals surface area (Å²) in [6.45, 7) is 4.16. The van der Waals surface area contributed by atoms with Crippen molar-refractivity contribution in [2.75, 3.05) is 11.9 Å². The van der Waals surface area contributed by atoms with Gasteiger partial charge < -0.3 is 15.0 Å². The molecule has 0 bridgehead atoms. The number of carboxylic acids is 1. The number of pyridine rings is 3. The Hall–Kier alpha value is -4.33. The molecule has 0 aliphatic heterocycles. The molecule has 3 N–H and O–H groups in total. The Morgan fingerprint density at radius 3 is 2.51 bits per heavy atom. The average Bonchev–Trinajstić information content (AvgIpc) is 3.35. The molecule has 0 radical (unpaired) electrons. The van der Waals surface area contributed by atoms with Crippen LogP contribution in [0, 0.1) is 0 Å². The Bertz CT molecular complexity index is 1580. The quantitative estimate of drug-likeness (QED) is 0.333. The largest absolute Gasteiger partial charge is 0.477 e. The van der Waals surface area contributed by atoms with Crippen molar-refractivity contribution in [2.24, 2.45) is 0 Å². The Labute approximate surface area is 210 Å². The number of hydrogen-bond acceptors (Lipinski definition) is 7. The predicted octanol–water partition coefficient (Wildman–Crippen LogP) is 4.46. The van der Waals surface area contributed by atoms with E-state index in [9.17, 15) is 32.7 Å². The van der Waals surface area contributed by atoms with Gasteiger partial charge in [0.25, 0.3) is 0 Å². The SMILES string of the molecule is CCNC(=O)Nc1cc(-c2nc(C(F)(F)F)cs2)c(-c2cnc3c(c2)c(=O)c(C(=O)O)cn3CC)cn1. The number of urea groups is 1. The van der Waals surface area contributed by atoms with Crippen molar-refractivity contribution < 1.29 is 27.9 Å². The van der Waals surface area contributed by atoms with Gasteiger partial charge in [-0.3, -0.25) is 10.1 Å². The smallest absolute Gasteiger partial charge is 0.434 e. The maximum atomic E-state index is 13.2. The van der Waals surface area contributed by atoms with Crippen LogP contribution in [0.5, 0.6) is 0 Å². The molecule has 0 atom stereocenters. The van der Waals surface area contributed by atoms with Crippen LogP contribution in [0.4, 0.5) is 23.8 Å². The molecule has 4 heterocycles. The lowest BCUT2D eigenvalue weighted by molar-refractivity contribution is -0.140. The van der Waals surface area contributed by atoms with Crippen molar-refractivity contribution in [3.8, 4) is 21.7 Å². The van der Waals surface area contributed by atoms with Crippen LogP contribution in [-0.2, 0) is 12.7 Å². The van der Waals surface area contributed by atoms with E-state index >= 15 is 0 Å². The number of anilines is 1. The van der Waals surface area contributed by atoms with Gasteiger partial charge in [0, 0.05) is 53.8 Å². The summed E-state index contributed by atoms with van der Waals surface area (Å²) in [6.07, 6.45) is -0.729. The molecule has 0 saturated heterocycles. The zero-order valence-corrected chi connectivity index (χ0v) is 20.2. The first-order valence-corrected chi connectivity index (χ1v) is 11.8. The molecule has 10 nitrogen and oxygen atoms in total. The second kappa shape index (κ2) is 9.97. The maximum absolute atomic E-state index is 13.2. The number of nitrogens with one attached hydrogen (secondary N) is 2. The lowest BCUT2D eigenvalue weighted by Gasteiger charge is -2.13. The summed E-state index contributed by atoms with van der Waals surface area (Å²) in [4.78, 5) is 48.7. The summed E-state index contributed by atoms with van der Waals surface area (Å²) >= 11 is 0.744. The Balaban J connectivity index is 1.93. The second-order valence-corrected chi connectivity index (χ2v) is 8.55. The number of thiazole rings is 1. The van der Waals surface area contributed by atoms with E-state index < -0.39 is 34.9 Å². The zero-order chi connectivity index (χ0) is 26.9. The van der Waals surface area contributed by atoms with Gasteiger partial charge >= 0.3 is 18.2 Å². The van der Waals surface area contributed by atoms with Gasteiger partial charge in [-0.1, -0.05) is 0 Å². The molecule has 2 amide bonds. The minimum atomic E-state index is -4.66. The van der Waals surface area contributed by atoms with Crippen LogP contribution in [0.3, 0.4) is 0 Å². The fraction of sp³-hybridized carbons (Fsp3) is 0.217. The van der Waals surface area contributed by atoms with Crippen molar-refractivity contribution in [2.45, 2.75) is 26.6 Å². The molecule has 4 aromatic rings. The first-order chi connectivity index (χ1) is 17.5. The molecular formula is C23H19F3N6O4S. The van der Waals surface area contributed by atoms with Gasteiger partial charge in [0.1, 0.15) is 22.0 Å². The second-order valence-electron chi connectivity index (χ2n) is 7.69. The van der Waals surface area contributed by atoms with Gasteiger partial charge in [0.05, 0.1) is 5.39 Å². The van der Waals surface area contributed by atoms with Gasteiger partial charge in [0.2, 0.25) is 5.43 Å². The van der Waals surface area contributed by atoms with E-state index in [-0.39, 0.29) is 33.0 Å². The van der Waals surface area contributed by atoms with Crippen LogP contribution in [-0.4, -0.2) is 43.2 Å². The van der Waals surface area contributed by atoms with Crippen molar-refractivity contribution in [1.82, 2.24) is 24.8 Å². The van der Waals surface area contributed by atoms with Crippen LogP contribution in [0.2, 0.25) is 0 Å². The average molecular weight is 533 g/mol. The number of carboxylic acid groups (broad SMARTS) is 1. The van der Waals surface area contributed by atoms with Gasteiger partial charge in [-0.05, 0) is 26.0 Å². The minimum Gasteiger partial charge on any atom is -0.477 e. The molecule has 0 saturated carbocycles. The number of aryl methyl sites for hydroxylation is 1. The van der Waals surface area contributed by atoms with Crippen LogP contribution in [0.15, 0.2) is 40.9 Å². The van der Waals surface area contributed by atoms with E-state index in [4.69, 9.17) is 0 Å². The van der Waals surface area contributed by atoms with Gasteiger partial charge in [-0.25, -0.2) is 24.5 Å². The molecule has 0 fully saturated rings. The van der Waals surface area contributed by atoms with Crippen molar-refractivity contribution >= 4 is 40.2 Å². The molecule has 37 heavy (non-hydrogen) atoms. The number of nitrogens with zero attached hydrogens (tertiary/aromatic N) is 4. The highest BCUT2D eigenvalue weighted by molar-refractivity contribution is 7.13. The number of alkyl halides is 3. The summed E-state index contributed by atoms with van der Waals surface area (Å²) in [5.41, 5.74) is -1.25. The van der Waals surface area contributed by atoms with Crippen LogP contribution in [0.1, 0.15) is 29.9 Å². The standard InChI is InChI=1S/C23H19F3N6O4S/c1-3-27-22(36)31-17-6-12(20-30-16(10-37-20)23(24,25)26)14(8-28-17)11-5-13-18(33)15(21(34)35)9-32(4-2)19(13)29-7-11/h5-10H,3-4H2,1-2H3,(H,34,35)(H2,27,28,31,36). The highest BCUT2D eigenvalue weighted by Crippen LogP contribution is 2.38. The summed E-state index contributed by atoms with van der Waals surface area (Å²) in [7, 11) is 0. The molecule has 4 rings (SSSR count). The van der Waals surface area contributed by atoms with Crippen LogP contribution in [0.25, 0.3) is 32.7 Å². The molecule has 14 heteroatoms. The molecule has 4 aromatic heterocycles. The summed E-state index contributed by atoms with van der Waals surface area (Å²) in [5.74, 6) is -1.34. The molecule has 0 aliphatic carbocycles. The fourth-order valence-electron chi connectivity index (χ4n) is 3.59. The Morgan fingerprint density at radius 1 is 1.14 bits per heavy atom. The van der Waals surface area contributed by atoms with Gasteiger partial charge in [-0.15, -0.1) is 11.3 Å². The monoisotopic (exact) mass is 532 g/mol. The molecule has 192 valence electrons. The fourth-order valence-corrected chi connectivity index (χ4v) is 4.45. The summed E-state index contributed by atoms with van der Waals surface area (Å²) in [5, 5.41) is 15.4. The first-order valence-electron chi connectivity index (χ1n) is 10.9. The topological polar surface area (TPSA) is 139 Å². The number of rotatable bonds is 6. The molecule has 0 aliphatic rings. The Kier molecular flexibility index (Phi) is 6.94. The third-order valence-electron chi connectivity index (χ3n) is 5.30. The maximum Gasteiger partial charge on any atom is 0.434 e. The van der Waals surface area contributed by atoms with Crippen molar-refractivity contribution in [3.05, 3.63) is 57.6 Å². The predicted molar refractivity (Wildman–Crippen MR) is 131 cm³/mol. The number of fused-ring (bicyclic) bond motifs is 1. The number of amides is 2. The zero-order valence-electron chi connectivity index (χ0n) is 19.4. The molecule has 0 spiro atoms. The van der Waals surface area contributed by atoms with E-state index in [1.165, 1.54) is 35.3 Å². The summed E-state index contributed by atoms with van der Waals surface area (Å²) < 4.78 is 41.2. The van der Waals surface area contributed by atoms with E-state index in [1.807, 2.05) is 0 Å². The number of carbonyl (C=O) groups excluding carboxylic acids is 1. The van der Waals surface area contributed by atoms with E-state index in [0.717, 1.165) is 16.7 Å². The number of hydrogen-bond donors (Lipinski definition) is 3. The van der Waals surface area contributed by atoms with Crippen LogP contribution < -0.4 is 16.1 Å². The number of halogens is 3. The molecular weight excluding hydrogens is 513 g/mol. The number of aromatic nitrogens is 4. The minimum absolute atomic E-state index is 0.00553. The molecule has 0 unspecified atom stereocenters. The van der Waals surface area contributed by atoms with E-state index in [1.54, 1.807) is 13.8 Å². The lowest BCUT2D eigenvalue weighted by atomic mass is 10.0. The normalized spacial score (nSPS) is 11.5. The summed E-state index contributed by atoms with van der Waals surface area (Å²) in [6, 6.07) is 2.22. The van der Waals surface area contributed by atoms with E-state index in [0.29, 0.717) is 18.7 Å². The number of carbonyl (C=O) groups is 2. The Morgan fingerprint density at radius 2 is 1.89 bits per heavy atom. The third-order valence-corrected chi connectivity index (χ3v) is 6.18. The lowest BCUT2D eigenvalue weighted by Crippen LogP contribution is -2.28. The van der Waals surface area contributed by atoms with Crippen molar-refractivity contribution in [3.63, 3.8) is 0 Å². The highest BCUT2D eigenvalue weighted by Gasteiger charge is 2.34. The molecule has 0 aromatic carbocycles. The number of aromatic carboxylic acids is 1. The highest BCUT2D eigenvalue weighted by atomic mass is 32.1. The first kappa shape index (κ1) is 25.8. The third kappa shape index (κ3) is 5.14. The van der Waals surface area contributed by atoms with Gasteiger partial charge in [0.15, 0.2) is 5.69 Å². The van der Waals surface area contributed by atoms with Crippen molar-refractivity contribution in [1.29, 1.82) is 0 Å². The van der Waals surface area contributed by atoms with Crippen LogP contribution >= 0.6 is 11.3 Å².